The zero-order chi connectivity index (χ0) is 12.0. The monoisotopic (exact) mass is 240 g/mol. The molecule has 0 aromatic carbocycles. The van der Waals surface area contributed by atoms with Crippen molar-refractivity contribution in [2.75, 3.05) is 6.54 Å². The molecule has 0 aliphatic carbocycles. The highest BCUT2D eigenvalue weighted by molar-refractivity contribution is 7.07. The molecule has 0 aliphatic heterocycles. The molecule has 2 N–H and O–H groups in total. The van der Waals surface area contributed by atoms with E-state index in [1.807, 2.05) is 12.3 Å². The van der Waals surface area contributed by atoms with Crippen molar-refractivity contribution in [1.82, 2.24) is 10.6 Å². The van der Waals surface area contributed by atoms with Gasteiger partial charge in [-0.15, -0.1) is 0 Å². The second kappa shape index (κ2) is 6.66. The number of carbonyl (C=O) groups excluding carboxylic acids is 1. The van der Waals surface area contributed by atoms with Crippen molar-refractivity contribution in [2.45, 2.75) is 39.3 Å². The zero-order valence-electron chi connectivity index (χ0n) is 10.1. The molecule has 1 aromatic rings. The first-order valence-electron chi connectivity index (χ1n) is 5.68. The molecule has 2 atom stereocenters. The predicted molar refractivity (Wildman–Crippen MR) is 68.6 cm³/mol. The van der Waals surface area contributed by atoms with Crippen LogP contribution in [0.4, 0.5) is 0 Å². The predicted octanol–water partition coefficient (Wildman–Crippen LogP) is 2.31. The minimum Gasteiger partial charge on any atom is -0.353 e. The average Bonchev–Trinajstić information content (AvgIpc) is 2.79. The smallest absolute Gasteiger partial charge is 0.234 e. The highest BCUT2D eigenvalue weighted by Gasteiger charge is 2.09. The maximum absolute atomic E-state index is 11.5. The van der Waals surface area contributed by atoms with Crippen LogP contribution in [0.25, 0.3) is 0 Å². The average molecular weight is 240 g/mol. The van der Waals surface area contributed by atoms with Gasteiger partial charge in [-0.05, 0) is 42.7 Å². The number of carbonyl (C=O) groups is 1. The summed E-state index contributed by atoms with van der Waals surface area (Å²) in [5, 5.41) is 10.3. The second-order valence-electron chi connectivity index (χ2n) is 4.04. The fraction of sp³-hybridized carbons (Fsp3) is 0.583. The Balaban J connectivity index is 2.26. The van der Waals surface area contributed by atoms with Gasteiger partial charge in [-0.2, -0.15) is 11.3 Å². The summed E-state index contributed by atoms with van der Waals surface area (Å²) in [5.41, 5.74) is 1.24. The molecule has 0 saturated heterocycles. The molecule has 3 nitrogen and oxygen atoms in total. The number of rotatable bonds is 6. The lowest BCUT2D eigenvalue weighted by Gasteiger charge is -2.15. The van der Waals surface area contributed by atoms with Gasteiger partial charge in [-0.1, -0.05) is 6.92 Å². The number of nitrogens with one attached hydrogen (secondary N) is 2. The number of hydrogen-bond donors (Lipinski definition) is 2. The van der Waals surface area contributed by atoms with Crippen molar-refractivity contribution >= 4 is 17.2 Å². The summed E-state index contributed by atoms with van der Waals surface area (Å²) in [6.07, 6.45) is 0.964. The third-order valence-electron chi connectivity index (χ3n) is 2.63. The molecule has 2 unspecified atom stereocenters. The molecular formula is C12H20N2OS. The van der Waals surface area contributed by atoms with Gasteiger partial charge in [0, 0.05) is 12.1 Å². The van der Waals surface area contributed by atoms with Gasteiger partial charge in [-0.25, -0.2) is 0 Å². The van der Waals surface area contributed by atoms with Gasteiger partial charge in [0.2, 0.25) is 5.91 Å². The first-order valence-corrected chi connectivity index (χ1v) is 6.62. The molecule has 16 heavy (non-hydrogen) atoms. The molecule has 0 spiro atoms. The van der Waals surface area contributed by atoms with E-state index in [1.54, 1.807) is 11.3 Å². The second-order valence-corrected chi connectivity index (χ2v) is 4.82. The van der Waals surface area contributed by atoms with E-state index in [1.165, 1.54) is 5.56 Å². The first kappa shape index (κ1) is 13.2. The highest BCUT2D eigenvalue weighted by atomic mass is 32.1. The van der Waals surface area contributed by atoms with Crippen LogP contribution in [0.2, 0.25) is 0 Å². The Labute approximate surface area is 101 Å². The summed E-state index contributed by atoms with van der Waals surface area (Å²) in [4.78, 5) is 11.5. The van der Waals surface area contributed by atoms with Crippen LogP contribution in [0.15, 0.2) is 16.8 Å². The van der Waals surface area contributed by atoms with E-state index in [0.717, 1.165) is 6.42 Å². The maximum atomic E-state index is 11.5. The minimum absolute atomic E-state index is 0.0661. The normalized spacial score (nSPS) is 14.4. The molecule has 0 bridgehead atoms. The van der Waals surface area contributed by atoms with Crippen LogP contribution in [0.5, 0.6) is 0 Å². The van der Waals surface area contributed by atoms with Gasteiger partial charge in [0.25, 0.3) is 0 Å². The molecule has 0 saturated carbocycles. The molecule has 0 radical (unpaired) electrons. The maximum Gasteiger partial charge on any atom is 0.234 e. The summed E-state index contributed by atoms with van der Waals surface area (Å²) in [7, 11) is 0. The standard InChI is InChI=1S/C12H20N2OS/c1-4-9(2)14-12(15)7-13-10(3)11-5-6-16-8-11/h5-6,8-10,13H,4,7H2,1-3H3,(H,14,15). The van der Waals surface area contributed by atoms with Gasteiger partial charge in [0.1, 0.15) is 0 Å². The van der Waals surface area contributed by atoms with E-state index in [2.05, 4.69) is 35.9 Å². The lowest BCUT2D eigenvalue weighted by Crippen LogP contribution is -2.39. The quantitative estimate of drug-likeness (QED) is 0.801. The lowest BCUT2D eigenvalue weighted by atomic mass is 10.2. The van der Waals surface area contributed by atoms with Crippen LogP contribution in [-0.2, 0) is 4.79 Å². The van der Waals surface area contributed by atoms with E-state index < -0.39 is 0 Å². The van der Waals surface area contributed by atoms with Crippen molar-refractivity contribution in [2.24, 2.45) is 0 Å². The Morgan fingerprint density at radius 1 is 1.50 bits per heavy atom. The fourth-order valence-corrected chi connectivity index (χ4v) is 2.07. The van der Waals surface area contributed by atoms with Crippen molar-refractivity contribution in [3.8, 4) is 0 Å². The van der Waals surface area contributed by atoms with E-state index in [-0.39, 0.29) is 18.0 Å². The van der Waals surface area contributed by atoms with Crippen LogP contribution in [0.1, 0.15) is 38.8 Å². The molecule has 1 heterocycles. The molecule has 0 fully saturated rings. The van der Waals surface area contributed by atoms with Crippen molar-refractivity contribution in [3.05, 3.63) is 22.4 Å². The molecule has 1 rings (SSSR count). The van der Waals surface area contributed by atoms with Crippen LogP contribution in [0, 0.1) is 0 Å². The Morgan fingerprint density at radius 2 is 2.25 bits per heavy atom. The van der Waals surface area contributed by atoms with Gasteiger partial charge < -0.3 is 10.6 Å². The number of thiophene rings is 1. The Kier molecular flexibility index (Phi) is 5.49. The molecule has 90 valence electrons. The van der Waals surface area contributed by atoms with Gasteiger partial charge in [0.15, 0.2) is 0 Å². The summed E-state index contributed by atoms with van der Waals surface area (Å²) in [6, 6.07) is 2.56. The van der Waals surface area contributed by atoms with Crippen LogP contribution >= 0.6 is 11.3 Å². The van der Waals surface area contributed by atoms with Gasteiger partial charge in [-0.3, -0.25) is 4.79 Å². The SMILES string of the molecule is CCC(C)NC(=O)CNC(C)c1ccsc1. The molecule has 1 aromatic heterocycles. The van der Waals surface area contributed by atoms with E-state index in [4.69, 9.17) is 0 Å². The zero-order valence-corrected chi connectivity index (χ0v) is 10.9. The van der Waals surface area contributed by atoms with Crippen LogP contribution in [0.3, 0.4) is 0 Å². The highest BCUT2D eigenvalue weighted by Crippen LogP contribution is 2.14. The largest absolute Gasteiger partial charge is 0.353 e. The summed E-state index contributed by atoms with van der Waals surface area (Å²) in [6.45, 7) is 6.52. The topological polar surface area (TPSA) is 41.1 Å². The van der Waals surface area contributed by atoms with Gasteiger partial charge in [0.05, 0.1) is 6.54 Å². The Bertz CT molecular complexity index is 311. The summed E-state index contributed by atoms with van der Waals surface area (Å²) < 4.78 is 0. The first-order chi connectivity index (χ1) is 7.63. The van der Waals surface area contributed by atoms with E-state index in [0.29, 0.717) is 6.54 Å². The van der Waals surface area contributed by atoms with Crippen molar-refractivity contribution < 1.29 is 4.79 Å². The molecule has 0 aliphatic rings. The number of amides is 1. The van der Waals surface area contributed by atoms with E-state index >= 15 is 0 Å². The Hall–Kier alpha value is -0.870. The van der Waals surface area contributed by atoms with Crippen LogP contribution < -0.4 is 10.6 Å². The molecule has 4 heteroatoms. The summed E-state index contributed by atoms with van der Waals surface area (Å²) >= 11 is 1.68. The minimum atomic E-state index is 0.0661. The molecule has 1 amide bonds. The third kappa shape index (κ3) is 4.33. The van der Waals surface area contributed by atoms with Crippen molar-refractivity contribution in [1.29, 1.82) is 0 Å². The fourth-order valence-electron chi connectivity index (χ4n) is 1.31. The third-order valence-corrected chi connectivity index (χ3v) is 3.33. The molecular weight excluding hydrogens is 220 g/mol. The number of hydrogen-bond acceptors (Lipinski definition) is 3. The van der Waals surface area contributed by atoms with Crippen molar-refractivity contribution in [3.63, 3.8) is 0 Å². The summed E-state index contributed by atoms with van der Waals surface area (Å²) in [5.74, 6) is 0.0661. The van der Waals surface area contributed by atoms with Crippen LogP contribution in [-0.4, -0.2) is 18.5 Å². The lowest BCUT2D eigenvalue weighted by molar-refractivity contribution is -0.120. The van der Waals surface area contributed by atoms with E-state index in [9.17, 15) is 4.79 Å². The Morgan fingerprint density at radius 3 is 2.81 bits per heavy atom. The van der Waals surface area contributed by atoms with Gasteiger partial charge >= 0.3 is 0 Å².